The molecule has 1 aliphatic rings. The van der Waals surface area contributed by atoms with Gasteiger partial charge in [0, 0.05) is 18.9 Å². The highest BCUT2D eigenvalue weighted by molar-refractivity contribution is 7.20. The summed E-state index contributed by atoms with van der Waals surface area (Å²) in [4.78, 5) is 41.5. The van der Waals surface area contributed by atoms with E-state index in [0.29, 0.717) is 29.0 Å². The third-order valence-electron chi connectivity index (χ3n) is 4.41. The van der Waals surface area contributed by atoms with Crippen LogP contribution in [0.3, 0.4) is 0 Å². The van der Waals surface area contributed by atoms with E-state index in [1.807, 2.05) is 25.1 Å². The van der Waals surface area contributed by atoms with E-state index in [0.717, 1.165) is 15.1 Å². The van der Waals surface area contributed by atoms with Gasteiger partial charge in [-0.1, -0.05) is 17.4 Å². The predicted molar refractivity (Wildman–Crippen MR) is 107 cm³/mol. The summed E-state index contributed by atoms with van der Waals surface area (Å²) >= 11 is 1.42. The number of amides is 3. The second-order valence-electron chi connectivity index (χ2n) is 6.54. The molecule has 0 radical (unpaired) electrons. The molecule has 4 rings (SSSR count). The van der Waals surface area contributed by atoms with Crippen molar-refractivity contribution in [3.05, 3.63) is 30.0 Å². The Balaban J connectivity index is 1.61. The number of imide groups is 1. The van der Waals surface area contributed by atoms with Crippen LogP contribution in [-0.4, -0.2) is 50.5 Å². The number of fused-ring (bicyclic) bond motifs is 1. The van der Waals surface area contributed by atoms with Crippen LogP contribution in [0.25, 0.3) is 15.3 Å². The molecular weight excluding hydrogens is 394 g/mol. The van der Waals surface area contributed by atoms with Crippen LogP contribution in [0.2, 0.25) is 0 Å². The number of aromatic nitrogens is 3. The molecule has 0 atom stereocenters. The fourth-order valence-electron chi connectivity index (χ4n) is 3.13. The third-order valence-corrected chi connectivity index (χ3v) is 5.40. The van der Waals surface area contributed by atoms with Gasteiger partial charge in [-0.25, -0.2) is 4.98 Å². The summed E-state index contributed by atoms with van der Waals surface area (Å²) in [5, 5.41) is 7.73. The summed E-state index contributed by atoms with van der Waals surface area (Å²) in [5.41, 5.74) is 1.42. The first-order valence-corrected chi connectivity index (χ1v) is 10.0. The number of thiazole rings is 1. The third kappa shape index (κ3) is 3.70. The summed E-state index contributed by atoms with van der Waals surface area (Å²) < 4.78 is 8.12. The number of para-hydroxylation sites is 1. The summed E-state index contributed by atoms with van der Waals surface area (Å²) in [6, 6.07) is 7.41. The van der Waals surface area contributed by atoms with Crippen molar-refractivity contribution in [2.24, 2.45) is 0 Å². The summed E-state index contributed by atoms with van der Waals surface area (Å²) in [6.07, 6.45) is 0.300. The number of hydrogen-bond donors (Lipinski definition) is 1. The number of rotatable bonds is 6. The normalized spacial score (nSPS) is 14.1. The van der Waals surface area contributed by atoms with Crippen LogP contribution in [0.1, 0.15) is 25.5 Å². The number of aryl methyl sites for hydroxylation is 1. The maximum absolute atomic E-state index is 12.4. The molecule has 150 valence electrons. The number of hydrogen-bond acceptors (Lipinski definition) is 7. The van der Waals surface area contributed by atoms with Gasteiger partial charge in [0.2, 0.25) is 22.9 Å². The number of anilines is 1. The Labute approximate surface area is 170 Å². The highest BCUT2D eigenvalue weighted by atomic mass is 32.1. The Hall–Kier alpha value is -3.27. The Morgan fingerprint density at radius 2 is 2.03 bits per heavy atom. The molecule has 0 saturated carbocycles. The number of benzene rings is 1. The molecule has 0 bridgehead atoms. The van der Waals surface area contributed by atoms with Gasteiger partial charge >= 0.3 is 0 Å². The van der Waals surface area contributed by atoms with Gasteiger partial charge < -0.3 is 10.1 Å². The first-order valence-electron chi connectivity index (χ1n) is 9.18. The average Bonchev–Trinajstić information content (AvgIpc) is 3.35. The van der Waals surface area contributed by atoms with Crippen molar-refractivity contribution in [3.8, 4) is 10.9 Å². The van der Waals surface area contributed by atoms with Crippen molar-refractivity contribution in [1.82, 2.24) is 19.7 Å². The zero-order valence-corrected chi connectivity index (χ0v) is 16.8. The molecule has 1 fully saturated rings. The Bertz CT molecular complexity index is 1100. The van der Waals surface area contributed by atoms with E-state index >= 15 is 0 Å². The van der Waals surface area contributed by atoms with Gasteiger partial charge in [-0.15, -0.1) is 0 Å². The zero-order chi connectivity index (χ0) is 20.5. The lowest BCUT2D eigenvalue weighted by Crippen LogP contribution is -2.37. The molecule has 10 heteroatoms. The monoisotopic (exact) mass is 413 g/mol. The van der Waals surface area contributed by atoms with E-state index in [-0.39, 0.29) is 31.2 Å². The highest BCUT2D eigenvalue weighted by Gasteiger charge is 2.30. The number of ether oxygens (including phenoxy) is 1. The molecule has 29 heavy (non-hydrogen) atoms. The van der Waals surface area contributed by atoms with Crippen LogP contribution >= 0.6 is 11.3 Å². The largest absolute Gasteiger partial charge is 0.492 e. The summed E-state index contributed by atoms with van der Waals surface area (Å²) in [5.74, 6) is -0.0172. The topological polar surface area (TPSA) is 106 Å². The van der Waals surface area contributed by atoms with E-state index < -0.39 is 5.91 Å². The van der Waals surface area contributed by atoms with Gasteiger partial charge in [0.05, 0.1) is 17.0 Å². The number of carbonyl (C=O) groups excluding carboxylic acids is 3. The predicted octanol–water partition coefficient (Wildman–Crippen LogP) is 2.28. The molecule has 1 aliphatic heterocycles. The molecule has 9 nitrogen and oxygen atoms in total. The zero-order valence-electron chi connectivity index (χ0n) is 16.0. The van der Waals surface area contributed by atoms with Crippen LogP contribution in [0, 0.1) is 6.92 Å². The van der Waals surface area contributed by atoms with Crippen LogP contribution in [0.15, 0.2) is 24.3 Å². The standard InChI is InChI=1S/C19H19N5O4S/c1-3-28-12-5-4-6-13-18(12)21-19(29-13)24-14(9-11(2)22-24)20-15(25)10-23-16(26)7-8-17(23)27/h4-6,9H,3,7-8,10H2,1-2H3,(H,20,25). The van der Waals surface area contributed by atoms with E-state index in [1.165, 1.54) is 11.3 Å². The lowest BCUT2D eigenvalue weighted by Gasteiger charge is -2.13. The molecule has 3 amide bonds. The fraction of sp³-hybridized carbons (Fsp3) is 0.316. The van der Waals surface area contributed by atoms with E-state index in [2.05, 4.69) is 15.4 Å². The van der Waals surface area contributed by atoms with Crippen LogP contribution in [0.4, 0.5) is 5.82 Å². The van der Waals surface area contributed by atoms with Crippen molar-refractivity contribution < 1.29 is 19.1 Å². The first-order chi connectivity index (χ1) is 14.0. The van der Waals surface area contributed by atoms with Crippen molar-refractivity contribution in [2.75, 3.05) is 18.5 Å². The van der Waals surface area contributed by atoms with Crippen molar-refractivity contribution in [2.45, 2.75) is 26.7 Å². The van der Waals surface area contributed by atoms with Crippen LogP contribution < -0.4 is 10.1 Å². The molecule has 3 heterocycles. The number of likely N-dealkylation sites (tertiary alicyclic amines) is 1. The minimum Gasteiger partial charge on any atom is -0.492 e. The quantitative estimate of drug-likeness (QED) is 0.622. The summed E-state index contributed by atoms with van der Waals surface area (Å²) in [6.45, 7) is 3.93. The number of carbonyl (C=O) groups is 3. The Morgan fingerprint density at radius 1 is 1.28 bits per heavy atom. The Kier molecular flexibility index (Phi) is 5.01. The SMILES string of the molecule is CCOc1cccc2sc(-n3nc(C)cc3NC(=O)CN3C(=O)CCC3=O)nc12. The summed E-state index contributed by atoms with van der Waals surface area (Å²) in [7, 11) is 0. The van der Waals surface area contributed by atoms with Crippen LogP contribution in [-0.2, 0) is 14.4 Å². The van der Waals surface area contributed by atoms with Crippen LogP contribution in [0.5, 0.6) is 5.75 Å². The second kappa shape index (κ2) is 7.63. The molecule has 0 spiro atoms. The second-order valence-corrected chi connectivity index (χ2v) is 7.55. The van der Waals surface area contributed by atoms with Gasteiger partial charge in [0.25, 0.3) is 0 Å². The molecule has 2 aromatic heterocycles. The van der Waals surface area contributed by atoms with Gasteiger partial charge in [-0.2, -0.15) is 9.78 Å². The molecule has 0 unspecified atom stereocenters. The molecule has 0 aliphatic carbocycles. The highest BCUT2D eigenvalue weighted by Crippen LogP contribution is 2.32. The maximum atomic E-state index is 12.4. The minimum absolute atomic E-state index is 0.150. The molecule has 1 N–H and O–H groups in total. The van der Waals surface area contributed by atoms with Gasteiger partial charge in [-0.05, 0) is 26.0 Å². The number of nitrogens with one attached hydrogen (secondary N) is 1. The lowest BCUT2D eigenvalue weighted by atomic mass is 10.3. The maximum Gasteiger partial charge on any atom is 0.245 e. The molecule has 3 aromatic rings. The molecular formula is C19H19N5O4S. The first kappa shape index (κ1) is 19.1. The Morgan fingerprint density at radius 3 is 2.76 bits per heavy atom. The molecule has 1 aromatic carbocycles. The van der Waals surface area contributed by atoms with Crippen molar-refractivity contribution in [1.29, 1.82) is 0 Å². The molecule has 1 saturated heterocycles. The fourth-order valence-corrected chi connectivity index (χ4v) is 4.08. The average molecular weight is 413 g/mol. The van der Waals surface area contributed by atoms with Gasteiger partial charge in [0.1, 0.15) is 23.6 Å². The van der Waals surface area contributed by atoms with E-state index in [1.54, 1.807) is 17.7 Å². The van der Waals surface area contributed by atoms with E-state index in [9.17, 15) is 14.4 Å². The van der Waals surface area contributed by atoms with E-state index in [4.69, 9.17) is 4.74 Å². The van der Waals surface area contributed by atoms with Crippen molar-refractivity contribution >= 4 is 45.1 Å². The smallest absolute Gasteiger partial charge is 0.245 e. The van der Waals surface area contributed by atoms with Gasteiger partial charge in [0.15, 0.2) is 0 Å². The minimum atomic E-state index is -0.467. The van der Waals surface area contributed by atoms with Crippen molar-refractivity contribution in [3.63, 3.8) is 0 Å². The lowest BCUT2D eigenvalue weighted by molar-refractivity contribution is -0.141. The number of nitrogens with zero attached hydrogens (tertiary/aromatic N) is 4. The van der Waals surface area contributed by atoms with Gasteiger partial charge in [-0.3, -0.25) is 19.3 Å².